The van der Waals surface area contributed by atoms with E-state index < -0.39 is 11.2 Å². The Morgan fingerprint density at radius 2 is 2.12 bits per heavy atom. The van der Waals surface area contributed by atoms with E-state index in [0.717, 1.165) is 6.42 Å². The average Bonchev–Trinajstić information content (AvgIpc) is 2.33. The molecule has 0 bridgehead atoms. The fraction of sp³-hybridized carbons (Fsp3) is 0.600. The van der Waals surface area contributed by atoms with Crippen LogP contribution in [0.1, 0.15) is 12.8 Å². The van der Waals surface area contributed by atoms with E-state index in [-0.39, 0.29) is 11.3 Å². The van der Waals surface area contributed by atoms with Gasteiger partial charge in [-0.3, -0.25) is 14.3 Å². The SMILES string of the molecule is O=c1[nH]c(=O)n(CCC2OCCCO2)cc1Cl. The minimum absolute atomic E-state index is 0.00455. The molecule has 94 valence electrons. The van der Waals surface area contributed by atoms with Crippen molar-refractivity contribution in [3.8, 4) is 0 Å². The number of aromatic amines is 1. The molecule has 1 aromatic heterocycles. The van der Waals surface area contributed by atoms with E-state index in [0.29, 0.717) is 26.2 Å². The number of nitrogens with one attached hydrogen (secondary N) is 1. The fourth-order valence-electron chi connectivity index (χ4n) is 1.60. The lowest BCUT2D eigenvalue weighted by Crippen LogP contribution is -2.32. The predicted molar refractivity (Wildman–Crippen MR) is 61.3 cm³/mol. The molecule has 1 aromatic rings. The van der Waals surface area contributed by atoms with E-state index in [2.05, 4.69) is 4.98 Å². The van der Waals surface area contributed by atoms with Crippen molar-refractivity contribution in [1.29, 1.82) is 0 Å². The molecule has 0 saturated carbocycles. The topological polar surface area (TPSA) is 73.3 Å². The Balaban J connectivity index is 2.01. The van der Waals surface area contributed by atoms with Crippen LogP contribution in [0.25, 0.3) is 0 Å². The number of aryl methyl sites for hydroxylation is 1. The molecule has 7 heteroatoms. The van der Waals surface area contributed by atoms with Crippen molar-refractivity contribution < 1.29 is 9.47 Å². The minimum Gasteiger partial charge on any atom is -0.353 e. The third kappa shape index (κ3) is 3.18. The third-order valence-corrected chi connectivity index (χ3v) is 2.74. The van der Waals surface area contributed by atoms with Crippen molar-refractivity contribution in [1.82, 2.24) is 9.55 Å². The van der Waals surface area contributed by atoms with E-state index >= 15 is 0 Å². The highest BCUT2D eigenvalue weighted by Crippen LogP contribution is 2.09. The van der Waals surface area contributed by atoms with Crippen LogP contribution in [-0.2, 0) is 16.0 Å². The molecule has 0 aromatic carbocycles. The van der Waals surface area contributed by atoms with Crippen LogP contribution in [0, 0.1) is 0 Å². The van der Waals surface area contributed by atoms with Gasteiger partial charge in [-0.25, -0.2) is 4.79 Å². The van der Waals surface area contributed by atoms with Gasteiger partial charge in [0.25, 0.3) is 5.56 Å². The number of hydrogen-bond acceptors (Lipinski definition) is 4. The van der Waals surface area contributed by atoms with Crippen LogP contribution >= 0.6 is 11.6 Å². The molecule has 1 aliphatic heterocycles. The first-order valence-electron chi connectivity index (χ1n) is 5.39. The number of ether oxygens (including phenoxy) is 2. The highest BCUT2D eigenvalue weighted by Gasteiger charge is 2.14. The first kappa shape index (κ1) is 12.3. The number of halogens is 1. The van der Waals surface area contributed by atoms with Gasteiger partial charge in [-0.05, 0) is 6.42 Å². The lowest BCUT2D eigenvalue weighted by Gasteiger charge is -2.23. The van der Waals surface area contributed by atoms with Crippen LogP contribution in [0.3, 0.4) is 0 Å². The maximum absolute atomic E-state index is 11.4. The van der Waals surface area contributed by atoms with Crippen LogP contribution in [-0.4, -0.2) is 29.1 Å². The van der Waals surface area contributed by atoms with Gasteiger partial charge in [0.2, 0.25) is 0 Å². The molecule has 1 N–H and O–H groups in total. The molecule has 0 amide bonds. The number of aromatic nitrogens is 2. The van der Waals surface area contributed by atoms with Crippen molar-refractivity contribution >= 4 is 11.6 Å². The molecule has 17 heavy (non-hydrogen) atoms. The Morgan fingerprint density at radius 3 is 2.82 bits per heavy atom. The van der Waals surface area contributed by atoms with Gasteiger partial charge >= 0.3 is 5.69 Å². The molecule has 0 aliphatic carbocycles. The summed E-state index contributed by atoms with van der Waals surface area (Å²) < 4.78 is 12.0. The number of H-pyrrole nitrogens is 1. The maximum Gasteiger partial charge on any atom is 0.328 e. The molecular formula is C10H13ClN2O4. The first-order chi connectivity index (χ1) is 8.16. The predicted octanol–water partition coefficient (Wildman–Crippen LogP) is 0.343. The Morgan fingerprint density at radius 1 is 1.41 bits per heavy atom. The molecular weight excluding hydrogens is 248 g/mol. The molecule has 1 fully saturated rings. The normalized spacial score (nSPS) is 17.2. The zero-order valence-corrected chi connectivity index (χ0v) is 9.90. The summed E-state index contributed by atoms with van der Waals surface area (Å²) in [7, 11) is 0. The molecule has 2 rings (SSSR count). The molecule has 1 aliphatic rings. The van der Waals surface area contributed by atoms with Gasteiger partial charge in [-0.1, -0.05) is 11.6 Å². The van der Waals surface area contributed by atoms with Gasteiger partial charge in [-0.15, -0.1) is 0 Å². The monoisotopic (exact) mass is 260 g/mol. The van der Waals surface area contributed by atoms with Gasteiger partial charge in [-0.2, -0.15) is 0 Å². The van der Waals surface area contributed by atoms with Crippen molar-refractivity contribution in [2.75, 3.05) is 13.2 Å². The fourth-order valence-corrected chi connectivity index (χ4v) is 1.76. The van der Waals surface area contributed by atoms with E-state index in [1.807, 2.05) is 0 Å². The number of nitrogens with zero attached hydrogens (tertiary/aromatic N) is 1. The van der Waals surface area contributed by atoms with Crippen molar-refractivity contribution in [3.05, 3.63) is 32.1 Å². The van der Waals surface area contributed by atoms with E-state index in [9.17, 15) is 9.59 Å². The minimum atomic E-state index is -0.571. The summed E-state index contributed by atoms with van der Waals surface area (Å²) >= 11 is 5.64. The highest BCUT2D eigenvalue weighted by molar-refractivity contribution is 6.30. The lowest BCUT2D eigenvalue weighted by molar-refractivity contribution is -0.182. The van der Waals surface area contributed by atoms with Gasteiger partial charge in [0, 0.05) is 19.2 Å². The lowest BCUT2D eigenvalue weighted by atomic mass is 10.3. The zero-order valence-electron chi connectivity index (χ0n) is 9.15. The second kappa shape index (κ2) is 5.48. The van der Waals surface area contributed by atoms with Crippen LogP contribution in [0.5, 0.6) is 0 Å². The Bertz CT molecular complexity index is 490. The standard InChI is InChI=1S/C10H13ClN2O4/c11-7-6-13(10(15)12-9(7)14)3-2-8-16-4-1-5-17-8/h6,8H,1-5H2,(H,12,14,15). The Labute approximate surface area is 102 Å². The second-order valence-electron chi connectivity index (χ2n) is 3.74. The van der Waals surface area contributed by atoms with Crippen LogP contribution in [0.2, 0.25) is 5.02 Å². The van der Waals surface area contributed by atoms with Crippen molar-refractivity contribution in [3.63, 3.8) is 0 Å². The van der Waals surface area contributed by atoms with Crippen molar-refractivity contribution in [2.24, 2.45) is 0 Å². The zero-order chi connectivity index (χ0) is 12.3. The average molecular weight is 261 g/mol. The second-order valence-corrected chi connectivity index (χ2v) is 4.15. The first-order valence-corrected chi connectivity index (χ1v) is 5.77. The van der Waals surface area contributed by atoms with Gasteiger partial charge in [0.05, 0.1) is 13.2 Å². The quantitative estimate of drug-likeness (QED) is 0.851. The van der Waals surface area contributed by atoms with Crippen LogP contribution in [0.4, 0.5) is 0 Å². The van der Waals surface area contributed by atoms with Crippen LogP contribution < -0.4 is 11.2 Å². The van der Waals surface area contributed by atoms with E-state index in [4.69, 9.17) is 21.1 Å². The molecule has 0 unspecified atom stereocenters. The molecule has 6 nitrogen and oxygen atoms in total. The Kier molecular flexibility index (Phi) is 3.98. The van der Waals surface area contributed by atoms with Gasteiger partial charge in [0.15, 0.2) is 6.29 Å². The molecule has 0 spiro atoms. The summed E-state index contributed by atoms with van der Waals surface area (Å²) in [6.07, 6.45) is 2.47. The van der Waals surface area contributed by atoms with Crippen molar-refractivity contribution in [2.45, 2.75) is 25.7 Å². The number of hydrogen-bond donors (Lipinski definition) is 1. The van der Waals surface area contributed by atoms with Gasteiger partial charge in [0.1, 0.15) is 5.02 Å². The summed E-state index contributed by atoms with van der Waals surface area (Å²) in [5, 5.41) is -0.00455. The molecule has 1 saturated heterocycles. The smallest absolute Gasteiger partial charge is 0.328 e. The molecule has 0 radical (unpaired) electrons. The van der Waals surface area contributed by atoms with E-state index in [1.54, 1.807) is 0 Å². The highest BCUT2D eigenvalue weighted by atomic mass is 35.5. The molecule has 0 atom stereocenters. The maximum atomic E-state index is 11.4. The summed E-state index contributed by atoms with van der Waals surface area (Å²) in [5.41, 5.74) is -1.05. The number of rotatable bonds is 3. The largest absolute Gasteiger partial charge is 0.353 e. The van der Waals surface area contributed by atoms with E-state index in [1.165, 1.54) is 10.8 Å². The Hall–Kier alpha value is -1.11. The summed E-state index contributed by atoms with van der Waals surface area (Å²) in [4.78, 5) is 24.6. The summed E-state index contributed by atoms with van der Waals surface area (Å²) in [5.74, 6) is 0. The van der Waals surface area contributed by atoms with Crippen LogP contribution in [0.15, 0.2) is 15.8 Å². The summed E-state index contributed by atoms with van der Waals surface area (Å²) in [6, 6.07) is 0. The van der Waals surface area contributed by atoms with Gasteiger partial charge < -0.3 is 9.47 Å². The third-order valence-electron chi connectivity index (χ3n) is 2.47. The summed E-state index contributed by atoms with van der Waals surface area (Å²) in [6.45, 7) is 1.73. The molecule has 2 heterocycles.